The molecule has 136 valence electrons. The zero-order valence-electron chi connectivity index (χ0n) is 15.2. The fourth-order valence-corrected chi connectivity index (χ4v) is 3.60. The van der Waals surface area contributed by atoms with Crippen LogP contribution in [0.25, 0.3) is 0 Å². The third-order valence-corrected chi connectivity index (χ3v) is 4.94. The third-order valence-electron chi connectivity index (χ3n) is 4.03. The lowest BCUT2D eigenvalue weighted by Gasteiger charge is -2.06. The Hall–Kier alpha value is -2.60. The first kappa shape index (κ1) is 18.2. The average molecular weight is 370 g/mol. The Kier molecular flexibility index (Phi) is 5.73. The van der Waals surface area contributed by atoms with E-state index in [9.17, 15) is 4.79 Å². The Labute approximate surface area is 157 Å². The number of ether oxygens (including phenoxy) is 1. The van der Waals surface area contributed by atoms with Crippen molar-refractivity contribution in [1.29, 1.82) is 0 Å². The van der Waals surface area contributed by atoms with Crippen LogP contribution in [0.1, 0.15) is 33.9 Å². The summed E-state index contributed by atoms with van der Waals surface area (Å²) in [6.07, 6.45) is 3.56. The molecule has 6 heteroatoms. The van der Waals surface area contributed by atoms with E-state index < -0.39 is 0 Å². The molecule has 26 heavy (non-hydrogen) atoms. The summed E-state index contributed by atoms with van der Waals surface area (Å²) in [4.78, 5) is 17.5. The van der Waals surface area contributed by atoms with Crippen LogP contribution in [-0.2, 0) is 17.6 Å². The maximum Gasteiger partial charge on any atom is 0.226 e. The minimum Gasteiger partial charge on any atom is -0.496 e. The van der Waals surface area contributed by atoms with E-state index in [1.54, 1.807) is 7.11 Å². The number of methoxy groups -OCH3 is 1. The second-order valence-corrected chi connectivity index (χ2v) is 7.29. The number of thiazole rings is 1. The number of benzene rings is 1. The van der Waals surface area contributed by atoms with Gasteiger partial charge in [-0.2, -0.15) is 0 Å². The van der Waals surface area contributed by atoms with Crippen LogP contribution in [0.5, 0.6) is 5.75 Å². The van der Waals surface area contributed by atoms with Crippen LogP contribution in [0.15, 0.2) is 40.9 Å². The van der Waals surface area contributed by atoms with Gasteiger partial charge in [-0.15, -0.1) is 11.3 Å². The highest BCUT2D eigenvalue weighted by Crippen LogP contribution is 2.24. The smallest absolute Gasteiger partial charge is 0.226 e. The van der Waals surface area contributed by atoms with Crippen molar-refractivity contribution >= 4 is 22.4 Å². The summed E-state index contributed by atoms with van der Waals surface area (Å²) >= 11 is 1.50. The molecule has 0 bridgehead atoms. The van der Waals surface area contributed by atoms with E-state index in [2.05, 4.69) is 22.4 Å². The van der Waals surface area contributed by atoms with Crippen molar-refractivity contribution in [1.82, 2.24) is 4.98 Å². The molecule has 0 spiro atoms. The average Bonchev–Trinajstić information content (AvgIpc) is 3.22. The van der Waals surface area contributed by atoms with Crippen LogP contribution in [0.2, 0.25) is 0 Å². The van der Waals surface area contributed by atoms with Gasteiger partial charge in [0.25, 0.3) is 0 Å². The number of aromatic nitrogens is 1. The largest absolute Gasteiger partial charge is 0.496 e. The Morgan fingerprint density at radius 2 is 2.12 bits per heavy atom. The number of rotatable bonds is 7. The molecule has 3 rings (SSSR count). The maximum absolute atomic E-state index is 12.1. The van der Waals surface area contributed by atoms with Crippen molar-refractivity contribution < 1.29 is 13.9 Å². The number of carbonyl (C=O) groups excluding carboxylic acids is 1. The van der Waals surface area contributed by atoms with Crippen LogP contribution in [0, 0.1) is 13.8 Å². The molecule has 3 aromatic rings. The molecular formula is C20H22N2O3S. The molecule has 0 saturated carbocycles. The molecule has 1 aromatic carbocycles. The van der Waals surface area contributed by atoms with E-state index in [1.165, 1.54) is 16.9 Å². The zero-order chi connectivity index (χ0) is 18.5. The summed E-state index contributed by atoms with van der Waals surface area (Å²) in [5, 5.41) is 3.49. The molecule has 5 nitrogen and oxygen atoms in total. The molecule has 1 N–H and O–H groups in total. The summed E-state index contributed by atoms with van der Waals surface area (Å²) < 4.78 is 10.8. The van der Waals surface area contributed by atoms with Gasteiger partial charge in [-0.1, -0.05) is 12.1 Å². The number of furan rings is 1. The molecule has 0 aliphatic carbocycles. The van der Waals surface area contributed by atoms with Crippen LogP contribution in [0.4, 0.5) is 5.13 Å². The van der Waals surface area contributed by atoms with Gasteiger partial charge in [0, 0.05) is 30.3 Å². The minimum atomic E-state index is -0.0553. The summed E-state index contributed by atoms with van der Waals surface area (Å²) in [5.74, 6) is 2.52. The van der Waals surface area contributed by atoms with E-state index in [0.29, 0.717) is 18.0 Å². The maximum atomic E-state index is 12.1. The lowest BCUT2D eigenvalue weighted by Crippen LogP contribution is -2.11. The predicted molar refractivity (Wildman–Crippen MR) is 103 cm³/mol. The summed E-state index contributed by atoms with van der Waals surface area (Å²) in [5.41, 5.74) is 2.30. The number of hydrogen-bond donors (Lipinski definition) is 1. The van der Waals surface area contributed by atoms with Crippen molar-refractivity contribution in [2.45, 2.75) is 33.1 Å². The molecular weight excluding hydrogens is 348 g/mol. The highest BCUT2D eigenvalue weighted by atomic mass is 32.1. The Morgan fingerprint density at radius 3 is 2.81 bits per heavy atom. The Morgan fingerprint density at radius 1 is 1.27 bits per heavy atom. The Bertz CT molecular complexity index is 898. The van der Waals surface area contributed by atoms with Crippen molar-refractivity contribution in [2.24, 2.45) is 0 Å². The second-order valence-electron chi connectivity index (χ2n) is 6.17. The monoisotopic (exact) mass is 370 g/mol. The number of carbonyl (C=O) groups is 1. The molecule has 0 saturated heterocycles. The lowest BCUT2D eigenvalue weighted by molar-refractivity contribution is -0.116. The third kappa shape index (κ3) is 4.73. The number of hydrogen-bond acceptors (Lipinski definition) is 5. The predicted octanol–water partition coefficient (Wildman–Crippen LogP) is 4.52. The van der Waals surface area contributed by atoms with Crippen molar-refractivity contribution in [3.63, 3.8) is 0 Å². The fourth-order valence-electron chi connectivity index (χ4n) is 2.74. The quantitative estimate of drug-likeness (QED) is 0.664. The van der Waals surface area contributed by atoms with Crippen LogP contribution < -0.4 is 10.1 Å². The first-order valence-electron chi connectivity index (χ1n) is 8.47. The molecule has 0 aliphatic heterocycles. The number of amides is 1. The van der Waals surface area contributed by atoms with E-state index >= 15 is 0 Å². The highest BCUT2D eigenvalue weighted by Gasteiger charge is 2.09. The fraction of sp³-hybridized carbons (Fsp3) is 0.300. The Balaban J connectivity index is 1.54. The van der Waals surface area contributed by atoms with Gasteiger partial charge in [-0.25, -0.2) is 4.98 Å². The minimum absolute atomic E-state index is 0.0553. The standard InChI is InChI=1S/C20H22N2O3S/c1-13-10-15(5-8-18(13)24-3)11-17-12-21-20(26-17)22-19(23)9-7-16-6-4-14(2)25-16/h4-6,8,10,12H,7,9,11H2,1-3H3,(H,21,22,23). The van der Waals surface area contributed by atoms with Gasteiger partial charge in [-0.3, -0.25) is 4.79 Å². The molecule has 2 heterocycles. The van der Waals surface area contributed by atoms with Gasteiger partial charge in [0.1, 0.15) is 17.3 Å². The first-order valence-corrected chi connectivity index (χ1v) is 9.28. The highest BCUT2D eigenvalue weighted by molar-refractivity contribution is 7.15. The van der Waals surface area contributed by atoms with E-state index in [1.807, 2.05) is 38.2 Å². The van der Waals surface area contributed by atoms with E-state index in [-0.39, 0.29) is 5.91 Å². The molecule has 0 fully saturated rings. The normalized spacial score (nSPS) is 10.7. The lowest BCUT2D eigenvalue weighted by atomic mass is 10.1. The number of nitrogens with one attached hydrogen (secondary N) is 1. The van der Waals surface area contributed by atoms with Gasteiger partial charge >= 0.3 is 0 Å². The molecule has 0 unspecified atom stereocenters. The van der Waals surface area contributed by atoms with E-state index in [4.69, 9.17) is 9.15 Å². The van der Waals surface area contributed by atoms with Crippen LogP contribution in [0.3, 0.4) is 0 Å². The van der Waals surface area contributed by atoms with Crippen molar-refractivity contribution in [2.75, 3.05) is 12.4 Å². The molecule has 1 amide bonds. The van der Waals surface area contributed by atoms with Gasteiger partial charge in [0.2, 0.25) is 5.91 Å². The van der Waals surface area contributed by atoms with E-state index in [0.717, 1.165) is 34.1 Å². The zero-order valence-corrected chi connectivity index (χ0v) is 16.0. The second kappa shape index (κ2) is 8.19. The van der Waals surface area contributed by atoms with Crippen LogP contribution in [-0.4, -0.2) is 18.0 Å². The molecule has 2 aromatic heterocycles. The van der Waals surface area contributed by atoms with Gasteiger partial charge < -0.3 is 14.5 Å². The number of nitrogens with zero attached hydrogens (tertiary/aromatic N) is 1. The summed E-state index contributed by atoms with van der Waals surface area (Å²) in [6, 6.07) is 9.95. The SMILES string of the molecule is COc1ccc(Cc2cnc(NC(=O)CCc3ccc(C)o3)s2)cc1C. The summed E-state index contributed by atoms with van der Waals surface area (Å²) in [7, 11) is 1.67. The number of anilines is 1. The number of aryl methyl sites for hydroxylation is 3. The molecule has 0 atom stereocenters. The van der Waals surface area contributed by atoms with Gasteiger partial charge in [-0.05, 0) is 43.2 Å². The van der Waals surface area contributed by atoms with Gasteiger partial charge in [0.15, 0.2) is 5.13 Å². The molecule has 0 aliphatic rings. The first-order chi connectivity index (χ1) is 12.5. The van der Waals surface area contributed by atoms with Crippen LogP contribution >= 0.6 is 11.3 Å². The van der Waals surface area contributed by atoms with Crippen molar-refractivity contribution in [3.05, 3.63) is 64.1 Å². The van der Waals surface area contributed by atoms with Crippen molar-refractivity contribution in [3.8, 4) is 5.75 Å². The molecule has 0 radical (unpaired) electrons. The summed E-state index contributed by atoms with van der Waals surface area (Å²) in [6.45, 7) is 3.92. The topological polar surface area (TPSA) is 64.4 Å². The van der Waals surface area contributed by atoms with Gasteiger partial charge in [0.05, 0.1) is 7.11 Å².